The van der Waals surface area contributed by atoms with Crippen LogP contribution in [-0.2, 0) is 0 Å². The van der Waals surface area contributed by atoms with Crippen LogP contribution in [0.1, 0.15) is 5.69 Å². The number of halogens is 2. The number of fused-ring (bicyclic) bond motifs is 1. The van der Waals surface area contributed by atoms with Gasteiger partial charge in [0.1, 0.15) is 0 Å². The summed E-state index contributed by atoms with van der Waals surface area (Å²) >= 11 is 7.97. The number of H-pyrrole nitrogens is 1. The summed E-state index contributed by atoms with van der Waals surface area (Å²) in [6.45, 7) is 2.00. The standard InChI is InChI=1S/C7H5ClIN3/c1-3-6(9)4-2-5(8)11-12-7(4)10-3/h2H,1H3,(H,10,12). The van der Waals surface area contributed by atoms with Crippen molar-refractivity contribution in [1.29, 1.82) is 0 Å². The fraction of sp³-hybridized carbons (Fsp3) is 0.143. The maximum Gasteiger partial charge on any atom is 0.161 e. The van der Waals surface area contributed by atoms with E-state index in [-0.39, 0.29) is 0 Å². The Bertz CT molecular complexity index is 437. The fourth-order valence-corrected chi connectivity index (χ4v) is 1.75. The average Bonchev–Trinajstić information content (AvgIpc) is 2.31. The molecule has 0 saturated carbocycles. The van der Waals surface area contributed by atoms with Gasteiger partial charge >= 0.3 is 0 Å². The molecule has 0 fully saturated rings. The molecule has 3 nitrogen and oxygen atoms in total. The minimum Gasteiger partial charge on any atom is -0.341 e. The molecular formula is C7H5ClIN3. The zero-order valence-electron chi connectivity index (χ0n) is 6.23. The average molecular weight is 293 g/mol. The van der Waals surface area contributed by atoms with Gasteiger partial charge in [-0.25, -0.2) is 0 Å². The summed E-state index contributed by atoms with van der Waals surface area (Å²) in [6.07, 6.45) is 0. The number of nitrogens with one attached hydrogen (secondary N) is 1. The van der Waals surface area contributed by atoms with E-state index in [0.717, 1.165) is 20.3 Å². The van der Waals surface area contributed by atoms with Crippen LogP contribution in [0, 0.1) is 10.5 Å². The molecule has 2 rings (SSSR count). The molecule has 0 aromatic carbocycles. The molecule has 0 aliphatic heterocycles. The smallest absolute Gasteiger partial charge is 0.161 e. The molecule has 0 aliphatic carbocycles. The van der Waals surface area contributed by atoms with Gasteiger partial charge in [0.15, 0.2) is 10.8 Å². The topological polar surface area (TPSA) is 41.6 Å². The summed E-state index contributed by atoms with van der Waals surface area (Å²) < 4.78 is 1.15. The highest BCUT2D eigenvalue weighted by Crippen LogP contribution is 2.23. The van der Waals surface area contributed by atoms with Crippen molar-refractivity contribution in [2.24, 2.45) is 0 Å². The van der Waals surface area contributed by atoms with E-state index >= 15 is 0 Å². The van der Waals surface area contributed by atoms with Crippen molar-refractivity contribution in [2.45, 2.75) is 6.92 Å². The van der Waals surface area contributed by atoms with Gasteiger partial charge in [-0.05, 0) is 35.6 Å². The number of hydrogen-bond donors (Lipinski definition) is 1. The first kappa shape index (κ1) is 8.25. The first-order chi connectivity index (χ1) is 5.68. The molecule has 62 valence electrons. The van der Waals surface area contributed by atoms with Crippen molar-refractivity contribution in [3.05, 3.63) is 20.5 Å². The van der Waals surface area contributed by atoms with E-state index in [9.17, 15) is 0 Å². The molecule has 0 bridgehead atoms. The number of aromatic nitrogens is 3. The number of hydrogen-bond acceptors (Lipinski definition) is 2. The van der Waals surface area contributed by atoms with Crippen LogP contribution in [0.5, 0.6) is 0 Å². The molecule has 0 amide bonds. The van der Waals surface area contributed by atoms with Crippen molar-refractivity contribution in [3.63, 3.8) is 0 Å². The van der Waals surface area contributed by atoms with Crippen molar-refractivity contribution in [2.75, 3.05) is 0 Å². The van der Waals surface area contributed by atoms with Crippen molar-refractivity contribution < 1.29 is 0 Å². The van der Waals surface area contributed by atoms with Crippen LogP contribution in [0.4, 0.5) is 0 Å². The molecule has 2 heterocycles. The second kappa shape index (κ2) is 2.85. The van der Waals surface area contributed by atoms with Gasteiger partial charge in [0.25, 0.3) is 0 Å². The maximum absolute atomic E-state index is 5.71. The summed E-state index contributed by atoms with van der Waals surface area (Å²) in [4.78, 5) is 3.11. The van der Waals surface area contributed by atoms with Crippen LogP contribution in [0.25, 0.3) is 11.0 Å². The van der Waals surface area contributed by atoms with Crippen LogP contribution >= 0.6 is 34.2 Å². The minimum absolute atomic E-state index is 0.430. The van der Waals surface area contributed by atoms with Crippen molar-refractivity contribution >= 4 is 45.2 Å². The van der Waals surface area contributed by atoms with Gasteiger partial charge in [-0.3, -0.25) is 0 Å². The highest BCUT2D eigenvalue weighted by Gasteiger charge is 2.06. The molecule has 0 saturated heterocycles. The van der Waals surface area contributed by atoms with Gasteiger partial charge in [-0.1, -0.05) is 11.6 Å². The van der Waals surface area contributed by atoms with Gasteiger partial charge in [-0.15, -0.1) is 10.2 Å². The van der Waals surface area contributed by atoms with E-state index in [0.29, 0.717) is 5.15 Å². The Morgan fingerprint density at radius 3 is 3.00 bits per heavy atom. The van der Waals surface area contributed by atoms with Gasteiger partial charge < -0.3 is 4.98 Å². The Balaban J connectivity index is 2.88. The molecule has 0 spiro atoms. The molecule has 2 aromatic rings. The second-order valence-electron chi connectivity index (χ2n) is 2.49. The third kappa shape index (κ3) is 1.19. The van der Waals surface area contributed by atoms with Crippen LogP contribution in [0.2, 0.25) is 5.15 Å². The quantitative estimate of drug-likeness (QED) is 0.758. The van der Waals surface area contributed by atoms with Crippen LogP contribution in [0.15, 0.2) is 6.07 Å². The summed E-state index contributed by atoms with van der Waals surface area (Å²) in [5.74, 6) is 0. The Hall–Kier alpha value is -0.360. The van der Waals surface area contributed by atoms with E-state index in [1.54, 1.807) is 0 Å². The van der Waals surface area contributed by atoms with Crippen LogP contribution < -0.4 is 0 Å². The Labute approximate surface area is 87.7 Å². The number of nitrogens with zero attached hydrogens (tertiary/aromatic N) is 2. The normalized spacial score (nSPS) is 10.9. The lowest BCUT2D eigenvalue weighted by Crippen LogP contribution is -1.82. The first-order valence-electron chi connectivity index (χ1n) is 3.35. The predicted octanol–water partition coefficient (Wildman–Crippen LogP) is 2.52. The van der Waals surface area contributed by atoms with Crippen molar-refractivity contribution in [3.8, 4) is 0 Å². The molecule has 5 heteroatoms. The Kier molecular flexibility index (Phi) is 1.96. The van der Waals surface area contributed by atoms with Gasteiger partial charge in [0.05, 0.1) is 0 Å². The molecule has 2 aromatic heterocycles. The Morgan fingerprint density at radius 2 is 2.25 bits per heavy atom. The number of rotatable bonds is 0. The van der Waals surface area contributed by atoms with E-state index in [2.05, 4.69) is 37.8 Å². The largest absolute Gasteiger partial charge is 0.341 e. The second-order valence-corrected chi connectivity index (χ2v) is 3.96. The lowest BCUT2D eigenvalue weighted by Gasteiger charge is -1.88. The zero-order valence-corrected chi connectivity index (χ0v) is 9.14. The van der Waals surface area contributed by atoms with Crippen molar-refractivity contribution in [1.82, 2.24) is 15.2 Å². The minimum atomic E-state index is 0.430. The molecule has 0 unspecified atom stereocenters. The predicted molar refractivity (Wildman–Crippen MR) is 56.4 cm³/mol. The van der Waals surface area contributed by atoms with E-state index in [1.807, 2.05) is 13.0 Å². The van der Waals surface area contributed by atoms with Crippen LogP contribution in [-0.4, -0.2) is 15.2 Å². The van der Waals surface area contributed by atoms with Gasteiger partial charge in [0, 0.05) is 14.7 Å². The third-order valence-corrected chi connectivity index (χ3v) is 3.21. The molecule has 12 heavy (non-hydrogen) atoms. The summed E-state index contributed by atoms with van der Waals surface area (Å²) in [5.41, 5.74) is 1.89. The maximum atomic E-state index is 5.71. The van der Waals surface area contributed by atoms with E-state index in [1.165, 1.54) is 0 Å². The Morgan fingerprint density at radius 1 is 1.50 bits per heavy atom. The number of aryl methyl sites for hydroxylation is 1. The van der Waals surface area contributed by atoms with Crippen LogP contribution in [0.3, 0.4) is 0 Å². The lowest BCUT2D eigenvalue weighted by atomic mass is 10.3. The van der Waals surface area contributed by atoms with Gasteiger partial charge in [-0.2, -0.15) is 0 Å². The number of aromatic amines is 1. The molecular weight excluding hydrogens is 288 g/mol. The first-order valence-corrected chi connectivity index (χ1v) is 4.81. The van der Waals surface area contributed by atoms with E-state index in [4.69, 9.17) is 11.6 Å². The molecule has 0 aliphatic rings. The molecule has 0 radical (unpaired) electrons. The monoisotopic (exact) mass is 293 g/mol. The zero-order chi connectivity index (χ0) is 8.72. The summed E-state index contributed by atoms with van der Waals surface area (Å²) in [6, 6.07) is 1.81. The van der Waals surface area contributed by atoms with Gasteiger partial charge in [0.2, 0.25) is 0 Å². The van der Waals surface area contributed by atoms with E-state index < -0.39 is 0 Å². The fourth-order valence-electron chi connectivity index (χ4n) is 1.06. The SMILES string of the molecule is Cc1[nH]c2nnc(Cl)cc2c1I. The molecule has 0 atom stereocenters. The lowest BCUT2D eigenvalue weighted by molar-refractivity contribution is 1.05. The summed E-state index contributed by atoms with van der Waals surface area (Å²) in [7, 11) is 0. The third-order valence-electron chi connectivity index (χ3n) is 1.64. The highest BCUT2D eigenvalue weighted by molar-refractivity contribution is 14.1. The molecule has 1 N–H and O–H groups in total. The highest BCUT2D eigenvalue weighted by atomic mass is 127. The summed E-state index contributed by atoms with van der Waals surface area (Å²) in [5, 5.41) is 9.13.